The van der Waals surface area contributed by atoms with E-state index in [1.165, 1.54) is 0 Å². The third-order valence-electron chi connectivity index (χ3n) is 4.27. The van der Waals surface area contributed by atoms with E-state index in [-0.39, 0.29) is 18.2 Å². The van der Waals surface area contributed by atoms with Gasteiger partial charge in [0.25, 0.3) is 34.1 Å². The van der Waals surface area contributed by atoms with Crippen LogP contribution in [0.25, 0.3) is 0 Å². The Kier molecular flexibility index (Phi) is 6.00. The maximum atomic E-state index is 11.6. The molecule has 170 valence electrons. The lowest BCUT2D eigenvalue weighted by Gasteiger charge is -2.10. The van der Waals surface area contributed by atoms with Crippen molar-refractivity contribution in [3.63, 3.8) is 0 Å². The highest BCUT2D eigenvalue weighted by molar-refractivity contribution is 6.20. The maximum absolute atomic E-state index is 11.6. The summed E-state index contributed by atoms with van der Waals surface area (Å²) in [5.74, 6) is 0. The second kappa shape index (κ2) is 8.33. The molecule has 0 saturated heterocycles. The van der Waals surface area contributed by atoms with Gasteiger partial charge in [-0.05, 0) is 6.92 Å². The molecule has 0 amide bonds. The van der Waals surface area contributed by atoms with Gasteiger partial charge in [-0.1, -0.05) is 0 Å². The molecule has 19 nitrogen and oxygen atoms in total. The first kappa shape index (κ1) is 23.8. The number of nitro groups is 6. The fourth-order valence-electron chi connectivity index (χ4n) is 2.92. The Balaban J connectivity index is 3.13. The standard InChI is InChI=1S/C14H7N7O12/c1-5-7(17(24)25)4-10(20(30)31)12(14(5)21(32)33)13(15)11-8(18(26)27)2-6(16(22)23)3-9(11)19(28)29/h2-4,15H,1H3. The van der Waals surface area contributed by atoms with Gasteiger partial charge in [-0.15, -0.1) is 0 Å². The van der Waals surface area contributed by atoms with Crippen LogP contribution in [-0.2, 0) is 0 Å². The highest BCUT2D eigenvalue weighted by Crippen LogP contribution is 2.42. The quantitative estimate of drug-likeness (QED) is 0.334. The molecule has 0 fully saturated rings. The third kappa shape index (κ3) is 4.08. The maximum Gasteiger partial charge on any atom is 0.295 e. The average molecular weight is 465 g/mol. The largest absolute Gasteiger partial charge is 0.299 e. The third-order valence-corrected chi connectivity index (χ3v) is 4.27. The molecule has 0 aliphatic heterocycles. The summed E-state index contributed by atoms with van der Waals surface area (Å²) in [5, 5.41) is 76.4. The van der Waals surface area contributed by atoms with Crippen LogP contribution in [0.5, 0.6) is 0 Å². The number of nitrogens with one attached hydrogen (secondary N) is 1. The van der Waals surface area contributed by atoms with Gasteiger partial charge < -0.3 is 0 Å². The van der Waals surface area contributed by atoms with Gasteiger partial charge in [0, 0.05) is 0 Å². The number of non-ortho nitro benzene ring substituents is 1. The Morgan fingerprint density at radius 3 is 1.33 bits per heavy atom. The van der Waals surface area contributed by atoms with Gasteiger partial charge in [-0.2, -0.15) is 0 Å². The van der Waals surface area contributed by atoms with Gasteiger partial charge in [0.2, 0.25) is 0 Å². The monoisotopic (exact) mass is 465 g/mol. The molecule has 2 rings (SSSR count). The fraction of sp³-hybridized carbons (Fsp3) is 0.0714. The first-order chi connectivity index (χ1) is 15.2. The van der Waals surface area contributed by atoms with Crippen molar-refractivity contribution >= 4 is 39.8 Å². The summed E-state index contributed by atoms with van der Waals surface area (Å²) in [5.41, 5.74) is -12.7. The summed E-state index contributed by atoms with van der Waals surface area (Å²) in [4.78, 5) is 60.4. The summed E-state index contributed by atoms with van der Waals surface area (Å²) in [6, 6.07) is 0.717. The van der Waals surface area contributed by atoms with Crippen molar-refractivity contribution < 1.29 is 29.5 Å². The second-order valence-electron chi connectivity index (χ2n) is 6.04. The zero-order chi connectivity index (χ0) is 25.4. The molecule has 33 heavy (non-hydrogen) atoms. The van der Waals surface area contributed by atoms with E-state index in [2.05, 4.69) is 0 Å². The van der Waals surface area contributed by atoms with E-state index in [0.717, 1.165) is 6.92 Å². The molecule has 19 heteroatoms. The van der Waals surface area contributed by atoms with Gasteiger partial charge >= 0.3 is 0 Å². The van der Waals surface area contributed by atoms with Crippen LogP contribution in [-0.4, -0.2) is 35.3 Å². The molecule has 0 bridgehead atoms. The average Bonchev–Trinajstić information content (AvgIpc) is 2.70. The van der Waals surface area contributed by atoms with E-state index < -0.39 is 86.1 Å². The molecule has 0 atom stereocenters. The summed E-state index contributed by atoms with van der Waals surface area (Å²) in [6.07, 6.45) is 0. The molecular weight excluding hydrogens is 458 g/mol. The van der Waals surface area contributed by atoms with E-state index >= 15 is 0 Å². The molecule has 0 radical (unpaired) electrons. The van der Waals surface area contributed by atoms with E-state index in [1.54, 1.807) is 0 Å². The molecule has 0 unspecified atom stereocenters. The highest BCUT2D eigenvalue weighted by atomic mass is 16.6. The molecule has 0 aliphatic carbocycles. The summed E-state index contributed by atoms with van der Waals surface area (Å²) in [6.45, 7) is 0.815. The van der Waals surface area contributed by atoms with Crippen molar-refractivity contribution in [2.45, 2.75) is 6.92 Å². The van der Waals surface area contributed by atoms with Gasteiger partial charge in [-0.3, -0.25) is 66.1 Å². The lowest BCUT2D eigenvalue weighted by atomic mass is 9.93. The minimum Gasteiger partial charge on any atom is -0.299 e. The first-order valence-electron chi connectivity index (χ1n) is 8.01. The number of rotatable bonds is 8. The van der Waals surface area contributed by atoms with Crippen LogP contribution in [0.1, 0.15) is 16.7 Å². The van der Waals surface area contributed by atoms with Crippen LogP contribution in [0.3, 0.4) is 0 Å². The van der Waals surface area contributed by atoms with Crippen molar-refractivity contribution in [2.24, 2.45) is 0 Å². The van der Waals surface area contributed by atoms with Crippen LogP contribution in [0.15, 0.2) is 18.2 Å². The van der Waals surface area contributed by atoms with Crippen LogP contribution in [0.2, 0.25) is 0 Å². The normalized spacial score (nSPS) is 10.3. The van der Waals surface area contributed by atoms with Crippen LogP contribution >= 0.6 is 0 Å². The second-order valence-corrected chi connectivity index (χ2v) is 6.04. The van der Waals surface area contributed by atoms with Gasteiger partial charge in [0.05, 0.1) is 53.5 Å². The number of hydrogen-bond acceptors (Lipinski definition) is 13. The van der Waals surface area contributed by atoms with Crippen LogP contribution < -0.4 is 0 Å². The minimum absolute atomic E-state index is 0.229. The van der Waals surface area contributed by atoms with E-state index in [4.69, 9.17) is 5.41 Å². The van der Waals surface area contributed by atoms with Crippen molar-refractivity contribution in [2.75, 3.05) is 0 Å². The Hall–Kier alpha value is -5.49. The zero-order valence-electron chi connectivity index (χ0n) is 15.8. The topological polar surface area (TPSA) is 283 Å². The lowest BCUT2D eigenvalue weighted by Crippen LogP contribution is -2.15. The minimum atomic E-state index is -1.49. The Morgan fingerprint density at radius 2 is 1.00 bits per heavy atom. The Morgan fingerprint density at radius 1 is 0.606 bits per heavy atom. The number of hydrogen-bond donors (Lipinski definition) is 1. The molecule has 2 aromatic carbocycles. The van der Waals surface area contributed by atoms with Gasteiger partial charge in [0.1, 0.15) is 5.56 Å². The molecular formula is C14H7N7O12. The molecule has 0 aliphatic rings. The fourth-order valence-corrected chi connectivity index (χ4v) is 2.92. The molecule has 0 aromatic heterocycles. The molecule has 0 heterocycles. The lowest BCUT2D eigenvalue weighted by molar-refractivity contribution is -0.404. The summed E-state index contributed by atoms with van der Waals surface area (Å²) < 4.78 is 0. The SMILES string of the molecule is Cc1c([N+](=O)[O-])cc([N+](=O)[O-])c(C(=N)c2c([N+](=O)[O-])cc([N+](=O)[O-])cc2[N+](=O)[O-])c1[N+](=O)[O-]. The number of nitro benzene ring substituents is 6. The molecule has 0 saturated carbocycles. The van der Waals surface area contributed by atoms with E-state index in [9.17, 15) is 60.7 Å². The highest BCUT2D eigenvalue weighted by Gasteiger charge is 2.42. The van der Waals surface area contributed by atoms with Crippen LogP contribution in [0.4, 0.5) is 34.1 Å². The van der Waals surface area contributed by atoms with Crippen LogP contribution in [0, 0.1) is 73.0 Å². The molecule has 2 aromatic rings. The molecule has 1 N–H and O–H groups in total. The summed E-state index contributed by atoms with van der Waals surface area (Å²) >= 11 is 0. The first-order valence-corrected chi connectivity index (χ1v) is 8.01. The Labute approximate surface area is 178 Å². The predicted octanol–water partition coefficient (Wildman–Crippen LogP) is 2.86. The Bertz CT molecular complexity index is 1280. The van der Waals surface area contributed by atoms with E-state index in [1.807, 2.05) is 0 Å². The van der Waals surface area contributed by atoms with Crippen molar-refractivity contribution in [1.29, 1.82) is 5.41 Å². The number of nitrogens with zero attached hydrogens (tertiary/aromatic N) is 6. The number of benzene rings is 2. The van der Waals surface area contributed by atoms with E-state index in [0.29, 0.717) is 0 Å². The smallest absolute Gasteiger partial charge is 0.295 e. The molecule has 0 spiro atoms. The predicted molar refractivity (Wildman–Crippen MR) is 103 cm³/mol. The van der Waals surface area contributed by atoms with Crippen molar-refractivity contribution in [3.8, 4) is 0 Å². The zero-order valence-corrected chi connectivity index (χ0v) is 15.8. The van der Waals surface area contributed by atoms with Gasteiger partial charge in [0.15, 0.2) is 11.1 Å². The summed E-state index contributed by atoms with van der Waals surface area (Å²) in [7, 11) is 0. The van der Waals surface area contributed by atoms with Gasteiger partial charge in [-0.25, -0.2) is 0 Å². The van der Waals surface area contributed by atoms with Crippen molar-refractivity contribution in [3.05, 3.63) is 95.6 Å². The van der Waals surface area contributed by atoms with Crippen molar-refractivity contribution in [1.82, 2.24) is 0 Å².